The summed E-state index contributed by atoms with van der Waals surface area (Å²) >= 11 is 0. The average Bonchev–Trinajstić information content (AvgIpc) is 2.14. The molecule has 1 heterocycles. The Kier molecular flexibility index (Phi) is 5.04. The van der Waals surface area contributed by atoms with Crippen molar-refractivity contribution in [3.63, 3.8) is 0 Å². The maximum atomic E-state index is 5.40. The van der Waals surface area contributed by atoms with Gasteiger partial charge in [-0.25, -0.2) is 0 Å². The van der Waals surface area contributed by atoms with Gasteiger partial charge in [0, 0.05) is 6.61 Å². The molecule has 1 aliphatic heterocycles. The lowest BCUT2D eigenvalue weighted by molar-refractivity contribution is 0.128. The van der Waals surface area contributed by atoms with Crippen molar-refractivity contribution in [2.75, 3.05) is 26.4 Å². The lowest BCUT2D eigenvalue weighted by Crippen LogP contribution is -2.06. The first kappa shape index (κ1) is 9.75. The van der Waals surface area contributed by atoms with Crippen LogP contribution < -0.4 is 0 Å². The lowest BCUT2D eigenvalue weighted by atomic mass is 10.1. The Hall–Kier alpha value is -0.340. The second-order valence-corrected chi connectivity index (χ2v) is 3.05. The van der Waals surface area contributed by atoms with E-state index in [1.165, 1.54) is 5.57 Å². The van der Waals surface area contributed by atoms with Gasteiger partial charge in [0.2, 0.25) is 0 Å². The van der Waals surface area contributed by atoms with Crippen LogP contribution in [0.2, 0.25) is 0 Å². The Morgan fingerprint density at radius 2 is 2.42 bits per heavy atom. The van der Waals surface area contributed by atoms with E-state index in [0.29, 0.717) is 0 Å². The molecule has 0 aromatic heterocycles. The molecule has 0 unspecified atom stereocenters. The van der Waals surface area contributed by atoms with Crippen LogP contribution in [0, 0.1) is 0 Å². The minimum atomic E-state index is 0.795. The Morgan fingerprint density at radius 3 is 3.08 bits per heavy atom. The van der Waals surface area contributed by atoms with Crippen LogP contribution in [0.15, 0.2) is 11.6 Å². The van der Waals surface area contributed by atoms with Crippen LogP contribution >= 0.6 is 0 Å². The van der Waals surface area contributed by atoms with Crippen LogP contribution in [0.4, 0.5) is 0 Å². The van der Waals surface area contributed by atoms with E-state index in [0.717, 1.165) is 45.7 Å². The molecule has 70 valence electrons. The van der Waals surface area contributed by atoms with Gasteiger partial charge in [-0.2, -0.15) is 0 Å². The summed E-state index contributed by atoms with van der Waals surface area (Å²) < 4.78 is 10.6. The number of hydrogen-bond donors (Lipinski definition) is 0. The largest absolute Gasteiger partial charge is 0.381 e. The summed E-state index contributed by atoms with van der Waals surface area (Å²) in [6, 6.07) is 0. The monoisotopic (exact) mass is 170 g/mol. The minimum Gasteiger partial charge on any atom is -0.381 e. The van der Waals surface area contributed by atoms with E-state index in [1.54, 1.807) is 0 Å². The summed E-state index contributed by atoms with van der Waals surface area (Å²) in [7, 11) is 0. The van der Waals surface area contributed by atoms with Gasteiger partial charge in [-0.05, 0) is 19.3 Å². The standard InChI is InChI=1S/C10H18O2/c1-2-6-11-7-3-10-4-8-12-9-5-10/h4H,2-3,5-9H2,1H3. The van der Waals surface area contributed by atoms with E-state index in [1.807, 2.05) is 0 Å². The third-order valence-electron chi connectivity index (χ3n) is 1.97. The number of rotatable bonds is 5. The van der Waals surface area contributed by atoms with Gasteiger partial charge < -0.3 is 9.47 Å². The summed E-state index contributed by atoms with van der Waals surface area (Å²) in [4.78, 5) is 0. The molecule has 0 atom stereocenters. The average molecular weight is 170 g/mol. The first-order valence-electron chi connectivity index (χ1n) is 4.77. The van der Waals surface area contributed by atoms with E-state index in [2.05, 4.69) is 13.0 Å². The zero-order valence-electron chi connectivity index (χ0n) is 7.84. The Labute approximate surface area is 74.6 Å². The van der Waals surface area contributed by atoms with Crippen molar-refractivity contribution in [2.24, 2.45) is 0 Å². The molecule has 0 N–H and O–H groups in total. The molecule has 0 radical (unpaired) electrons. The summed E-state index contributed by atoms with van der Waals surface area (Å²) in [5, 5.41) is 0. The highest BCUT2D eigenvalue weighted by molar-refractivity contribution is 5.04. The molecule has 0 fully saturated rings. The Balaban J connectivity index is 2.01. The summed E-state index contributed by atoms with van der Waals surface area (Å²) in [5.74, 6) is 0. The Morgan fingerprint density at radius 1 is 1.50 bits per heavy atom. The van der Waals surface area contributed by atoms with Crippen molar-refractivity contribution < 1.29 is 9.47 Å². The van der Waals surface area contributed by atoms with E-state index in [4.69, 9.17) is 9.47 Å². The number of hydrogen-bond acceptors (Lipinski definition) is 2. The molecule has 1 aliphatic rings. The van der Waals surface area contributed by atoms with Crippen molar-refractivity contribution in [3.8, 4) is 0 Å². The number of ether oxygens (including phenoxy) is 2. The minimum absolute atomic E-state index is 0.795. The van der Waals surface area contributed by atoms with Crippen LogP contribution in [0.1, 0.15) is 26.2 Å². The van der Waals surface area contributed by atoms with Crippen molar-refractivity contribution >= 4 is 0 Å². The maximum absolute atomic E-state index is 5.40. The van der Waals surface area contributed by atoms with Crippen LogP contribution in [-0.4, -0.2) is 26.4 Å². The quantitative estimate of drug-likeness (QED) is 0.465. The van der Waals surface area contributed by atoms with Gasteiger partial charge in [0.05, 0.1) is 19.8 Å². The van der Waals surface area contributed by atoms with Crippen LogP contribution in [0.25, 0.3) is 0 Å². The highest BCUT2D eigenvalue weighted by atomic mass is 16.5. The van der Waals surface area contributed by atoms with Crippen molar-refractivity contribution in [2.45, 2.75) is 26.2 Å². The van der Waals surface area contributed by atoms with Gasteiger partial charge >= 0.3 is 0 Å². The van der Waals surface area contributed by atoms with Crippen LogP contribution in [0.5, 0.6) is 0 Å². The predicted octanol–water partition coefficient (Wildman–Crippen LogP) is 2.15. The summed E-state index contributed by atoms with van der Waals surface area (Å²) in [6.07, 6.45) is 5.47. The van der Waals surface area contributed by atoms with Gasteiger partial charge in [-0.3, -0.25) is 0 Å². The lowest BCUT2D eigenvalue weighted by Gasteiger charge is -2.13. The van der Waals surface area contributed by atoms with E-state index >= 15 is 0 Å². The summed E-state index contributed by atoms with van der Waals surface area (Å²) in [5.41, 5.74) is 1.50. The zero-order valence-corrected chi connectivity index (χ0v) is 7.84. The van der Waals surface area contributed by atoms with E-state index in [9.17, 15) is 0 Å². The van der Waals surface area contributed by atoms with Gasteiger partial charge in [-0.15, -0.1) is 0 Å². The highest BCUT2D eigenvalue weighted by Crippen LogP contribution is 2.11. The molecule has 12 heavy (non-hydrogen) atoms. The fourth-order valence-electron chi connectivity index (χ4n) is 1.24. The first-order chi connectivity index (χ1) is 5.93. The molecule has 0 saturated heterocycles. The molecular formula is C10H18O2. The van der Waals surface area contributed by atoms with Crippen molar-refractivity contribution in [1.29, 1.82) is 0 Å². The third-order valence-corrected chi connectivity index (χ3v) is 1.97. The van der Waals surface area contributed by atoms with Crippen LogP contribution in [-0.2, 0) is 9.47 Å². The smallest absolute Gasteiger partial charge is 0.0650 e. The Bertz CT molecular complexity index is 141. The molecule has 0 saturated carbocycles. The summed E-state index contributed by atoms with van der Waals surface area (Å²) in [6.45, 7) is 5.58. The molecule has 1 rings (SSSR count). The molecule has 0 spiro atoms. The molecule has 0 aromatic carbocycles. The normalized spacial score (nSPS) is 17.6. The van der Waals surface area contributed by atoms with Gasteiger partial charge in [0.15, 0.2) is 0 Å². The molecule has 2 heteroatoms. The molecule has 0 aromatic rings. The molecule has 0 bridgehead atoms. The fraction of sp³-hybridized carbons (Fsp3) is 0.800. The second-order valence-electron chi connectivity index (χ2n) is 3.05. The van der Waals surface area contributed by atoms with Gasteiger partial charge in [0.25, 0.3) is 0 Å². The van der Waals surface area contributed by atoms with E-state index in [-0.39, 0.29) is 0 Å². The van der Waals surface area contributed by atoms with Crippen LogP contribution in [0.3, 0.4) is 0 Å². The molecule has 0 aliphatic carbocycles. The maximum Gasteiger partial charge on any atom is 0.0650 e. The molecule has 0 amide bonds. The predicted molar refractivity (Wildman–Crippen MR) is 49.2 cm³/mol. The second kappa shape index (κ2) is 6.21. The van der Waals surface area contributed by atoms with Crippen molar-refractivity contribution in [1.82, 2.24) is 0 Å². The van der Waals surface area contributed by atoms with Gasteiger partial charge in [-0.1, -0.05) is 18.6 Å². The molecular weight excluding hydrogens is 152 g/mol. The zero-order chi connectivity index (χ0) is 8.65. The fourth-order valence-corrected chi connectivity index (χ4v) is 1.24. The highest BCUT2D eigenvalue weighted by Gasteiger charge is 2.02. The first-order valence-corrected chi connectivity index (χ1v) is 4.77. The SMILES string of the molecule is CCCOCCC1=CCOCC1. The molecule has 2 nitrogen and oxygen atoms in total. The topological polar surface area (TPSA) is 18.5 Å². The van der Waals surface area contributed by atoms with E-state index < -0.39 is 0 Å². The van der Waals surface area contributed by atoms with Crippen molar-refractivity contribution in [3.05, 3.63) is 11.6 Å². The third kappa shape index (κ3) is 3.88. The van der Waals surface area contributed by atoms with Gasteiger partial charge in [0.1, 0.15) is 0 Å².